The summed E-state index contributed by atoms with van der Waals surface area (Å²) in [4.78, 5) is 11.7. The number of nitrogens with zero attached hydrogens (tertiary/aromatic N) is 5. The number of pyridine rings is 1. The molecule has 1 aromatic rings. The summed E-state index contributed by atoms with van der Waals surface area (Å²) in [5.74, 6) is 0.848. The molecule has 5 nitrogen and oxygen atoms in total. The summed E-state index contributed by atoms with van der Waals surface area (Å²) in [6.07, 6.45) is 4.40. The maximum absolute atomic E-state index is 9.20. The molecular formula is C16H23N5. The van der Waals surface area contributed by atoms with Crippen LogP contribution >= 0.6 is 0 Å². The molecule has 2 saturated heterocycles. The highest BCUT2D eigenvalue weighted by molar-refractivity contribution is 5.53. The molecule has 2 fully saturated rings. The molecule has 0 radical (unpaired) electrons. The molecule has 1 aromatic heterocycles. The predicted molar refractivity (Wildman–Crippen MR) is 83.3 cm³/mol. The fraction of sp³-hybridized carbons (Fsp3) is 0.625. The van der Waals surface area contributed by atoms with E-state index < -0.39 is 0 Å². The number of hydrogen-bond acceptors (Lipinski definition) is 5. The van der Waals surface area contributed by atoms with Gasteiger partial charge in [-0.1, -0.05) is 0 Å². The molecule has 0 saturated carbocycles. The second-order valence-corrected chi connectivity index (χ2v) is 6.07. The maximum atomic E-state index is 9.20. The fourth-order valence-electron chi connectivity index (χ4n) is 3.47. The molecule has 3 rings (SSSR count). The monoisotopic (exact) mass is 285 g/mol. The molecule has 112 valence electrons. The molecule has 21 heavy (non-hydrogen) atoms. The predicted octanol–water partition coefficient (Wildman–Crippen LogP) is 1.17. The molecule has 1 atom stereocenters. The van der Waals surface area contributed by atoms with Crippen LogP contribution in [0.3, 0.4) is 0 Å². The number of likely N-dealkylation sites (N-methyl/N-ethyl adjacent to an activating group) is 1. The Morgan fingerprint density at radius 1 is 1.24 bits per heavy atom. The second kappa shape index (κ2) is 6.42. The number of aromatic nitrogens is 1. The van der Waals surface area contributed by atoms with Crippen LogP contribution in [0.2, 0.25) is 0 Å². The van der Waals surface area contributed by atoms with Crippen molar-refractivity contribution in [2.24, 2.45) is 0 Å². The fourth-order valence-corrected chi connectivity index (χ4v) is 3.47. The third kappa shape index (κ3) is 3.17. The van der Waals surface area contributed by atoms with Crippen molar-refractivity contribution in [2.75, 3.05) is 51.2 Å². The van der Waals surface area contributed by atoms with Crippen LogP contribution in [0, 0.1) is 11.3 Å². The van der Waals surface area contributed by atoms with E-state index in [0.29, 0.717) is 11.6 Å². The molecule has 0 aliphatic carbocycles. The Kier molecular flexibility index (Phi) is 4.37. The first kappa shape index (κ1) is 14.3. The maximum Gasteiger partial charge on any atom is 0.146 e. The molecule has 5 heteroatoms. The van der Waals surface area contributed by atoms with Crippen molar-refractivity contribution < 1.29 is 0 Å². The Hall–Kier alpha value is -1.64. The highest BCUT2D eigenvalue weighted by Crippen LogP contribution is 2.21. The van der Waals surface area contributed by atoms with Crippen LogP contribution in [0.25, 0.3) is 0 Å². The van der Waals surface area contributed by atoms with Gasteiger partial charge in [0, 0.05) is 45.0 Å². The van der Waals surface area contributed by atoms with Gasteiger partial charge in [-0.25, -0.2) is 4.98 Å². The van der Waals surface area contributed by atoms with Gasteiger partial charge in [0.05, 0.1) is 5.56 Å². The van der Waals surface area contributed by atoms with Gasteiger partial charge in [0.2, 0.25) is 0 Å². The van der Waals surface area contributed by atoms with E-state index in [1.54, 1.807) is 6.20 Å². The minimum absolute atomic E-state index is 0.684. The van der Waals surface area contributed by atoms with Gasteiger partial charge in [0.1, 0.15) is 11.9 Å². The quantitative estimate of drug-likeness (QED) is 0.816. The van der Waals surface area contributed by atoms with E-state index in [1.807, 2.05) is 12.1 Å². The first-order valence-electron chi connectivity index (χ1n) is 7.80. The topological polar surface area (TPSA) is 46.4 Å². The average Bonchev–Trinajstić information content (AvgIpc) is 2.55. The zero-order valence-electron chi connectivity index (χ0n) is 12.7. The number of rotatable bonds is 2. The van der Waals surface area contributed by atoms with Crippen LogP contribution in [0.4, 0.5) is 5.82 Å². The van der Waals surface area contributed by atoms with Crippen molar-refractivity contribution in [1.29, 1.82) is 5.26 Å². The molecule has 3 heterocycles. The zero-order chi connectivity index (χ0) is 14.7. The van der Waals surface area contributed by atoms with E-state index in [-0.39, 0.29) is 0 Å². The molecule has 2 aliphatic heterocycles. The van der Waals surface area contributed by atoms with Gasteiger partial charge in [0.25, 0.3) is 0 Å². The number of piperidine rings is 1. The normalized spacial score (nSPS) is 24.8. The first-order valence-corrected chi connectivity index (χ1v) is 7.80. The highest BCUT2D eigenvalue weighted by Gasteiger charge is 2.27. The minimum Gasteiger partial charge on any atom is -0.353 e. The van der Waals surface area contributed by atoms with Gasteiger partial charge in [-0.2, -0.15) is 5.26 Å². The minimum atomic E-state index is 0.684. The summed E-state index contributed by atoms with van der Waals surface area (Å²) in [6.45, 7) is 6.49. The van der Waals surface area contributed by atoms with Crippen LogP contribution in [0.1, 0.15) is 18.4 Å². The number of likely N-dealkylation sites (tertiary alicyclic amines) is 1. The van der Waals surface area contributed by atoms with Crippen LogP contribution in [-0.2, 0) is 0 Å². The SMILES string of the molecule is CN1CCCC(N2CCN(c3ncccc3C#N)CC2)C1. The van der Waals surface area contributed by atoms with E-state index >= 15 is 0 Å². The first-order chi connectivity index (χ1) is 10.3. The van der Waals surface area contributed by atoms with Crippen LogP contribution in [0.15, 0.2) is 18.3 Å². The van der Waals surface area contributed by atoms with Crippen molar-refractivity contribution >= 4 is 5.82 Å². The van der Waals surface area contributed by atoms with Gasteiger partial charge in [-0.05, 0) is 38.6 Å². The Bertz CT molecular complexity index is 516. The van der Waals surface area contributed by atoms with Crippen molar-refractivity contribution in [3.8, 4) is 6.07 Å². The van der Waals surface area contributed by atoms with Crippen molar-refractivity contribution in [1.82, 2.24) is 14.8 Å². The summed E-state index contributed by atoms with van der Waals surface area (Å²) in [5.41, 5.74) is 0.684. The lowest BCUT2D eigenvalue weighted by Gasteiger charge is -2.43. The summed E-state index contributed by atoms with van der Waals surface area (Å²) >= 11 is 0. The lowest BCUT2D eigenvalue weighted by atomic mass is 10.0. The van der Waals surface area contributed by atoms with E-state index in [9.17, 15) is 5.26 Å². The smallest absolute Gasteiger partial charge is 0.146 e. The van der Waals surface area contributed by atoms with E-state index in [2.05, 4.69) is 32.8 Å². The summed E-state index contributed by atoms with van der Waals surface area (Å²) in [6, 6.07) is 6.63. The standard InChI is InChI=1S/C16H23N5/c1-19-7-3-5-15(13-19)20-8-10-21(11-9-20)16-14(12-17)4-2-6-18-16/h2,4,6,15H,3,5,7-11,13H2,1H3. The summed E-state index contributed by atoms with van der Waals surface area (Å²) in [5, 5.41) is 9.20. The van der Waals surface area contributed by atoms with Gasteiger partial charge >= 0.3 is 0 Å². The van der Waals surface area contributed by atoms with Gasteiger partial charge < -0.3 is 9.80 Å². The lowest BCUT2D eigenvalue weighted by Crippen LogP contribution is -2.54. The Morgan fingerprint density at radius 3 is 2.76 bits per heavy atom. The van der Waals surface area contributed by atoms with Crippen molar-refractivity contribution in [3.63, 3.8) is 0 Å². The van der Waals surface area contributed by atoms with Crippen molar-refractivity contribution in [2.45, 2.75) is 18.9 Å². The Morgan fingerprint density at radius 2 is 2.05 bits per heavy atom. The van der Waals surface area contributed by atoms with Crippen molar-refractivity contribution in [3.05, 3.63) is 23.9 Å². The molecule has 2 aliphatic rings. The van der Waals surface area contributed by atoms with Gasteiger partial charge in [0.15, 0.2) is 0 Å². The molecule has 0 spiro atoms. The summed E-state index contributed by atoms with van der Waals surface area (Å²) < 4.78 is 0. The molecule has 0 amide bonds. The average molecular weight is 285 g/mol. The largest absolute Gasteiger partial charge is 0.353 e. The number of nitriles is 1. The third-order valence-electron chi connectivity index (χ3n) is 4.64. The van der Waals surface area contributed by atoms with Crippen LogP contribution in [0.5, 0.6) is 0 Å². The molecule has 0 aromatic carbocycles. The molecule has 0 N–H and O–H groups in total. The third-order valence-corrected chi connectivity index (χ3v) is 4.64. The van der Waals surface area contributed by atoms with E-state index in [4.69, 9.17) is 0 Å². The Balaban J connectivity index is 1.61. The molecule has 0 bridgehead atoms. The summed E-state index contributed by atoms with van der Waals surface area (Å²) in [7, 11) is 2.22. The number of hydrogen-bond donors (Lipinski definition) is 0. The lowest BCUT2D eigenvalue weighted by molar-refractivity contribution is 0.106. The van der Waals surface area contributed by atoms with Gasteiger partial charge in [-0.15, -0.1) is 0 Å². The number of anilines is 1. The second-order valence-electron chi connectivity index (χ2n) is 6.07. The van der Waals surface area contributed by atoms with E-state index in [0.717, 1.165) is 32.0 Å². The Labute approximate surface area is 126 Å². The van der Waals surface area contributed by atoms with Crippen LogP contribution in [-0.4, -0.2) is 67.1 Å². The molecular weight excluding hydrogens is 262 g/mol. The van der Waals surface area contributed by atoms with Gasteiger partial charge in [-0.3, -0.25) is 4.90 Å². The number of piperazine rings is 1. The zero-order valence-corrected chi connectivity index (χ0v) is 12.7. The van der Waals surface area contributed by atoms with E-state index in [1.165, 1.54) is 25.9 Å². The highest BCUT2D eigenvalue weighted by atomic mass is 15.3. The molecule has 1 unspecified atom stereocenters. The van der Waals surface area contributed by atoms with Crippen LogP contribution < -0.4 is 4.90 Å².